The van der Waals surface area contributed by atoms with E-state index in [0.717, 1.165) is 51.4 Å². The van der Waals surface area contributed by atoms with E-state index in [-0.39, 0.29) is 12.5 Å². The molecule has 2 aliphatic heterocycles. The van der Waals surface area contributed by atoms with Crippen LogP contribution in [0.1, 0.15) is 219 Å². The first kappa shape index (κ1) is 59.1. The van der Waals surface area contributed by atoms with Gasteiger partial charge in [-0.15, -0.1) is 0 Å². The Hall–Kier alpha value is -1.01. The van der Waals surface area contributed by atoms with Gasteiger partial charge in [-0.1, -0.05) is 200 Å². The van der Waals surface area contributed by atoms with E-state index >= 15 is 0 Å². The molecule has 1 amide bonds. The molecule has 0 aliphatic carbocycles. The average Bonchev–Trinajstić information content (AvgIpc) is 3.29. The van der Waals surface area contributed by atoms with E-state index in [9.17, 15) is 45.6 Å². The van der Waals surface area contributed by atoms with Gasteiger partial charge in [0.1, 0.15) is 48.8 Å². The highest BCUT2D eigenvalue weighted by atomic mass is 16.7. The van der Waals surface area contributed by atoms with Crippen LogP contribution in [0.25, 0.3) is 0 Å². The number of hydrogen-bond donors (Lipinski definition) is 9. The van der Waals surface area contributed by atoms with Gasteiger partial charge in [-0.05, 0) is 12.8 Å². The molecule has 380 valence electrons. The Balaban J connectivity index is 1.82. The molecule has 2 saturated heterocycles. The fraction of sp³-hybridized carbons (Fsp3) is 0.980. The number of ether oxygens (including phenoxy) is 4. The van der Waals surface area contributed by atoms with Crippen molar-refractivity contribution in [2.45, 2.75) is 293 Å². The standard InChI is InChI=1S/C50H97NO13/c1-3-5-7-9-11-13-15-17-19-20-21-23-25-27-29-31-33-39(54)38(51-42(55)34-32-30-28-26-24-22-18-16-14-12-10-8-6-4-2)37-61-49-47(60)45(58)48(41(36-53)63-49)64-50-46(59)44(57)43(56)40(35-52)62-50/h38-41,43-50,52-54,56-60H,3-37H2,1-2H3,(H,51,55). The van der Waals surface area contributed by atoms with E-state index in [1.807, 2.05) is 0 Å². The summed E-state index contributed by atoms with van der Waals surface area (Å²) in [6.07, 6.45) is 21.0. The molecule has 0 bridgehead atoms. The number of aliphatic hydroxyl groups is 8. The molecule has 2 rings (SSSR count). The minimum atomic E-state index is -1.78. The number of carbonyl (C=O) groups excluding carboxylic acids is 1. The third-order valence-corrected chi connectivity index (χ3v) is 13.3. The highest BCUT2D eigenvalue weighted by Crippen LogP contribution is 2.30. The maximum atomic E-state index is 13.2. The van der Waals surface area contributed by atoms with E-state index in [0.29, 0.717) is 12.8 Å². The van der Waals surface area contributed by atoms with Crippen molar-refractivity contribution < 1.29 is 64.6 Å². The quantitative estimate of drug-likeness (QED) is 0.0282. The van der Waals surface area contributed by atoms with E-state index in [1.165, 1.54) is 141 Å². The van der Waals surface area contributed by atoms with Crippen LogP contribution in [-0.4, -0.2) is 140 Å². The molecule has 0 spiro atoms. The van der Waals surface area contributed by atoms with Gasteiger partial charge in [0.25, 0.3) is 0 Å². The molecule has 0 aromatic heterocycles. The minimum absolute atomic E-state index is 0.204. The molecule has 12 unspecified atom stereocenters. The zero-order valence-electron chi connectivity index (χ0n) is 40.3. The first-order valence-electron chi connectivity index (χ1n) is 26.3. The summed E-state index contributed by atoms with van der Waals surface area (Å²) in [5, 5.41) is 86.9. The maximum Gasteiger partial charge on any atom is 0.220 e. The van der Waals surface area contributed by atoms with Crippen LogP contribution in [0, 0.1) is 0 Å². The van der Waals surface area contributed by atoms with Crippen molar-refractivity contribution in [2.75, 3.05) is 19.8 Å². The van der Waals surface area contributed by atoms with E-state index in [2.05, 4.69) is 19.2 Å². The molecule has 64 heavy (non-hydrogen) atoms. The van der Waals surface area contributed by atoms with Crippen LogP contribution >= 0.6 is 0 Å². The van der Waals surface area contributed by atoms with Crippen molar-refractivity contribution in [3.05, 3.63) is 0 Å². The normalized spacial score (nSPS) is 27.2. The van der Waals surface area contributed by atoms with E-state index in [1.54, 1.807) is 0 Å². The molecule has 2 fully saturated rings. The molecule has 0 saturated carbocycles. The topological polar surface area (TPSA) is 228 Å². The first-order chi connectivity index (χ1) is 31.1. The second kappa shape index (κ2) is 37.9. The monoisotopic (exact) mass is 920 g/mol. The number of unbranched alkanes of at least 4 members (excludes halogenated alkanes) is 28. The number of aliphatic hydroxyl groups excluding tert-OH is 8. The van der Waals surface area contributed by atoms with Gasteiger partial charge < -0.3 is 65.1 Å². The van der Waals surface area contributed by atoms with Crippen LogP contribution < -0.4 is 5.32 Å². The molecule has 14 heteroatoms. The van der Waals surface area contributed by atoms with Gasteiger partial charge in [-0.2, -0.15) is 0 Å². The van der Waals surface area contributed by atoms with Gasteiger partial charge in [-0.3, -0.25) is 4.79 Å². The third kappa shape index (κ3) is 24.8. The lowest BCUT2D eigenvalue weighted by molar-refractivity contribution is -0.359. The van der Waals surface area contributed by atoms with Gasteiger partial charge in [0, 0.05) is 6.42 Å². The Morgan fingerprint density at radius 2 is 0.891 bits per heavy atom. The predicted molar refractivity (Wildman–Crippen MR) is 249 cm³/mol. The highest BCUT2D eigenvalue weighted by molar-refractivity contribution is 5.76. The molecule has 0 radical (unpaired) electrons. The lowest BCUT2D eigenvalue weighted by Gasteiger charge is -2.46. The van der Waals surface area contributed by atoms with Crippen molar-refractivity contribution in [3.8, 4) is 0 Å². The third-order valence-electron chi connectivity index (χ3n) is 13.3. The number of amides is 1. The lowest BCUT2D eigenvalue weighted by atomic mass is 9.97. The zero-order chi connectivity index (χ0) is 46.8. The first-order valence-corrected chi connectivity index (χ1v) is 26.3. The van der Waals surface area contributed by atoms with Gasteiger partial charge >= 0.3 is 0 Å². The average molecular weight is 920 g/mol. The van der Waals surface area contributed by atoms with Crippen molar-refractivity contribution >= 4 is 5.91 Å². The molecule has 0 aromatic rings. The van der Waals surface area contributed by atoms with Crippen molar-refractivity contribution in [1.29, 1.82) is 0 Å². The molecular weight excluding hydrogens is 823 g/mol. The van der Waals surface area contributed by atoms with Crippen molar-refractivity contribution in [1.82, 2.24) is 5.32 Å². The summed E-state index contributed by atoms with van der Waals surface area (Å²) in [6, 6.07) is -0.820. The van der Waals surface area contributed by atoms with Crippen LogP contribution in [0.5, 0.6) is 0 Å². The Bertz CT molecular complexity index is 1090. The number of rotatable bonds is 41. The summed E-state index contributed by atoms with van der Waals surface area (Å²) in [4.78, 5) is 13.2. The predicted octanol–water partition coefficient (Wildman–Crippen LogP) is 7.00. The van der Waals surface area contributed by atoms with Gasteiger partial charge in [0.05, 0.1) is 32.0 Å². The SMILES string of the molecule is CCCCCCCCCCCCCCCCCCC(O)C(COC1OC(CO)C(OC2OC(CO)C(O)C(O)C2O)C(O)C1O)NC(=O)CCCCCCCCCCCCCCCC. The second-order valence-electron chi connectivity index (χ2n) is 19.0. The molecule has 14 nitrogen and oxygen atoms in total. The van der Waals surface area contributed by atoms with E-state index < -0.39 is 86.8 Å². The number of nitrogens with one attached hydrogen (secondary N) is 1. The minimum Gasteiger partial charge on any atom is -0.394 e. The Kier molecular flexibility index (Phi) is 35.0. The molecule has 2 aliphatic rings. The Labute approximate surface area is 387 Å². The summed E-state index contributed by atoms with van der Waals surface area (Å²) in [7, 11) is 0. The van der Waals surface area contributed by atoms with Crippen LogP contribution in [0.2, 0.25) is 0 Å². The summed E-state index contributed by atoms with van der Waals surface area (Å²) >= 11 is 0. The van der Waals surface area contributed by atoms with Crippen LogP contribution in [-0.2, 0) is 23.7 Å². The molecule has 0 aromatic carbocycles. The molecular formula is C50H97NO13. The molecule has 12 atom stereocenters. The van der Waals surface area contributed by atoms with Gasteiger partial charge in [0.15, 0.2) is 12.6 Å². The smallest absolute Gasteiger partial charge is 0.220 e. The van der Waals surface area contributed by atoms with Crippen LogP contribution in [0.15, 0.2) is 0 Å². The Morgan fingerprint density at radius 3 is 1.33 bits per heavy atom. The summed E-state index contributed by atoms with van der Waals surface area (Å²) in [6.45, 7) is 2.87. The van der Waals surface area contributed by atoms with Gasteiger partial charge in [0.2, 0.25) is 5.91 Å². The van der Waals surface area contributed by atoms with Crippen LogP contribution in [0.4, 0.5) is 0 Å². The lowest BCUT2D eigenvalue weighted by Crippen LogP contribution is -2.65. The summed E-state index contributed by atoms with van der Waals surface area (Å²) in [5.41, 5.74) is 0. The largest absolute Gasteiger partial charge is 0.394 e. The number of hydrogen-bond acceptors (Lipinski definition) is 13. The second-order valence-corrected chi connectivity index (χ2v) is 19.0. The van der Waals surface area contributed by atoms with Crippen molar-refractivity contribution in [2.24, 2.45) is 0 Å². The van der Waals surface area contributed by atoms with Crippen molar-refractivity contribution in [3.63, 3.8) is 0 Å². The zero-order valence-corrected chi connectivity index (χ0v) is 40.3. The van der Waals surface area contributed by atoms with Gasteiger partial charge in [-0.25, -0.2) is 0 Å². The molecule has 9 N–H and O–H groups in total. The Morgan fingerprint density at radius 1 is 0.500 bits per heavy atom. The summed E-state index contributed by atoms with van der Waals surface area (Å²) < 4.78 is 22.8. The van der Waals surface area contributed by atoms with Crippen LogP contribution in [0.3, 0.4) is 0 Å². The highest BCUT2D eigenvalue weighted by Gasteiger charge is 2.51. The fourth-order valence-corrected chi connectivity index (χ4v) is 9.00. The number of carbonyl (C=O) groups is 1. The fourth-order valence-electron chi connectivity index (χ4n) is 9.00. The maximum absolute atomic E-state index is 13.2. The van der Waals surface area contributed by atoms with E-state index in [4.69, 9.17) is 18.9 Å². The molecule has 2 heterocycles. The summed E-state index contributed by atoms with van der Waals surface area (Å²) in [5.74, 6) is -0.204.